The van der Waals surface area contributed by atoms with E-state index in [-0.39, 0.29) is 23.8 Å². The molecule has 2 aromatic rings. The van der Waals surface area contributed by atoms with Crippen molar-refractivity contribution in [2.75, 3.05) is 24.3 Å². The highest BCUT2D eigenvalue weighted by molar-refractivity contribution is 6.05. The first-order valence-corrected chi connectivity index (χ1v) is 7.88. The Hall–Kier alpha value is -2.67. The zero-order valence-corrected chi connectivity index (χ0v) is 13.4. The number of nitrogens with two attached hydrogens (primary N) is 1. The standard InChI is InChI=1S/C17H19N3O4/c1-2-23-17(22)12-9-19-13-6-5-10(8-11(13)15(12)18)20-16(21)14-4-3-7-24-14/h5-6,8-9,14H,2-4,7H2,1H3,(H2,18,19)(H,20,21). The zero-order chi connectivity index (χ0) is 17.1. The highest BCUT2D eigenvalue weighted by atomic mass is 16.5. The van der Waals surface area contributed by atoms with Crippen LogP contribution in [0.25, 0.3) is 10.9 Å². The van der Waals surface area contributed by atoms with Crippen LogP contribution in [-0.4, -0.2) is 36.2 Å². The largest absolute Gasteiger partial charge is 0.462 e. The molecule has 2 heterocycles. The molecule has 1 atom stereocenters. The van der Waals surface area contributed by atoms with Crippen LogP contribution >= 0.6 is 0 Å². The molecule has 1 fully saturated rings. The monoisotopic (exact) mass is 329 g/mol. The van der Waals surface area contributed by atoms with E-state index in [0.717, 1.165) is 12.8 Å². The number of nitrogens with zero attached hydrogens (tertiary/aromatic N) is 1. The Kier molecular flexibility index (Phi) is 4.61. The van der Waals surface area contributed by atoms with E-state index in [2.05, 4.69) is 10.3 Å². The third-order valence-electron chi connectivity index (χ3n) is 3.89. The Labute approximate surface area is 139 Å². The van der Waals surface area contributed by atoms with E-state index < -0.39 is 12.1 Å². The third kappa shape index (κ3) is 3.16. The van der Waals surface area contributed by atoms with E-state index in [0.29, 0.717) is 23.2 Å². The van der Waals surface area contributed by atoms with Crippen molar-refractivity contribution in [3.8, 4) is 0 Å². The molecule has 1 aliphatic rings. The molecule has 0 aliphatic carbocycles. The van der Waals surface area contributed by atoms with Gasteiger partial charge in [-0.05, 0) is 38.0 Å². The molecule has 24 heavy (non-hydrogen) atoms. The summed E-state index contributed by atoms with van der Waals surface area (Å²) in [6.07, 6.45) is 2.59. The first-order valence-electron chi connectivity index (χ1n) is 7.88. The van der Waals surface area contributed by atoms with Crippen molar-refractivity contribution in [3.05, 3.63) is 30.0 Å². The molecule has 3 rings (SSSR count). The van der Waals surface area contributed by atoms with Crippen molar-refractivity contribution in [3.63, 3.8) is 0 Å². The van der Waals surface area contributed by atoms with E-state index in [1.807, 2.05) is 0 Å². The number of rotatable bonds is 4. The minimum Gasteiger partial charge on any atom is -0.462 e. The lowest BCUT2D eigenvalue weighted by Crippen LogP contribution is -2.26. The van der Waals surface area contributed by atoms with Gasteiger partial charge in [0.15, 0.2) is 0 Å². The summed E-state index contributed by atoms with van der Waals surface area (Å²) in [7, 11) is 0. The molecule has 0 radical (unpaired) electrons. The first kappa shape index (κ1) is 16.2. The lowest BCUT2D eigenvalue weighted by molar-refractivity contribution is -0.124. The number of esters is 1. The van der Waals surface area contributed by atoms with Crippen LogP contribution in [0.2, 0.25) is 0 Å². The highest BCUT2D eigenvalue weighted by Crippen LogP contribution is 2.27. The Morgan fingerprint density at radius 2 is 2.29 bits per heavy atom. The number of ether oxygens (including phenoxy) is 2. The maximum atomic E-state index is 12.1. The van der Waals surface area contributed by atoms with E-state index in [1.54, 1.807) is 25.1 Å². The summed E-state index contributed by atoms with van der Waals surface area (Å²) in [5, 5.41) is 3.40. The van der Waals surface area contributed by atoms with Gasteiger partial charge in [0.1, 0.15) is 11.7 Å². The van der Waals surface area contributed by atoms with Gasteiger partial charge in [0.05, 0.1) is 17.8 Å². The molecule has 1 amide bonds. The van der Waals surface area contributed by atoms with Gasteiger partial charge in [-0.15, -0.1) is 0 Å². The van der Waals surface area contributed by atoms with Crippen molar-refractivity contribution in [1.29, 1.82) is 0 Å². The number of hydrogen-bond donors (Lipinski definition) is 2. The van der Waals surface area contributed by atoms with Gasteiger partial charge in [-0.1, -0.05) is 0 Å². The van der Waals surface area contributed by atoms with Crippen LogP contribution in [0.3, 0.4) is 0 Å². The molecular weight excluding hydrogens is 310 g/mol. The van der Waals surface area contributed by atoms with Gasteiger partial charge in [0.2, 0.25) is 0 Å². The van der Waals surface area contributed by atoms with Gasteiger partial charge in [0.25, 0.3) is 5.91 Å². The number of carbonyl (C=O) groups excluding carboxylic acids is 2. The Morgan fingerprint density at radius 1 is 1.46 bits per heavy atom. The van der Waals surface area contributed by atoms with Crippen molar-refractivity contribution in [2.24, 2.45) is 0 Å². The lowest BCUT2D eigenvalue weighted by atomic mass is 10.1. The van der Waals surface area contributed by atoms with Gasteiger partial charge in [-0.3, -0.25) is 9.78 Å². The second kappa shape index (κ2) is 6.84. The predicted octanol–water partition coefficient (Wildman–Crippen LogP) is 2.11. The second-order valence-electron chi connectivity index (χ2n) is 5.53. The smallest absolute Gasteiger partial charge is 0.341 e. The number of amides is 1. The number of benzene rings is 1. The van der Waals surface area contributed by atoms with Crippen LogP contribution in [0.5, 0.6) is 0 Å². The summed E-state index contributed by atoms with van der Waals surface area (Å²) in [6, 6.07) is 5.19. The number of carbonyl (C=O) groups is 2. The fraction of sp³-hybridized carbons (Fsp3) is 0.353. The number of fused-ring (bicyclic) bond motifs is 1. The Bertz CT molecular complexity index is 785. The SMILES string of the molecule is CCOC(=O)c1cnc2ccc(NC(=O)C3CCCO3)cc2c1N. The summed E-state index contributed by atoms with van der Waals surface area (Å²) >= 11 is 0. The maximum Gasteiger partial charge on any atom is 0.341 e. The number of aromatic nitrogens is 1. The van der Waals surface area contributed by atoms with E-state index in [1.165, 1.54) is 6.20 Å². The average molecular weight is 329 g/mol. The molecule has 126 valence electrons. The molecule has 3 N–H and O–H groups in total. The van der Waals surface area contributed by atoms with Crippen molar-refractivity contribution in [2.45, 2.75) is 25.9 Å². The highest BCUT2D eigenvalue weighted by Gasteiger charge is 2.23. The summed E-state index contributed by atoms with van der Waals surface area (Å²) in [5.41, 5.74) is 7.81. The second-order valence-corrected chi connectivity index (χ2v) is 5.53. The molecule has 1 unspecified atom stereocenters. The minimum absolute atomic E-state index is 0.181. The number of anilines is 2. The Morgan fingerprint density at radius 3 is 3.00 bits per heavy atom. The number of nitrogen functional groups attached to an aromatic ring is 1. The van der Waals surface area contributed by atoms with E-state index in [4.69, 9.17) is 15.2 Å². The van der Waals surface area contributed by atoms with Crippen molar-refractivity contribution >= 4 is 34.2 Å². The molecule has 0 bridgehead atoms. The summed E-state index contributed by atoms with van der Waals surface area (Å²) in [4.78, 5) is 28.3. The van der Waals surface area contributed by atoms with Crippen LogP contribution < -0.4 is 11.1 Å². The van der Waals surface area contributed by atoms with Crippen LogP contribution in [0, 0.1) is 0 Å². The lowest BCUT2D eigenvalue weighted by Gasteiger charge is -2.12. The van der Waals surface area contributed by atoms with Crippen LogP contribution in [-0.2, 0) is 14.3 Å². The van der Waals surface area contributed by atoms with Crippen LogP contribution in [0.4, 0.5) is 11.4 Å². The van der Waals surface area contributed by atoms with Crippen LogP contribution in [0.1, 0.15) is 30.1 Å². The zero-order valence-electron chi connectivity index (χ0n) is 13.4. The molecule has 1 aromatic carbocycles. The van der Waals surface area contributed by atoms with Gasteiger partial charge >= 0.3 is 5.97 Å². The summed E-state index contributed by atoms with van der Waals surface area (Å²) in [5.74, 6) is -0.696. The average Bonchev–Trinajstić information content (AvgIpc) is 3.10. The van der Waals surface area contributed by atoms with E-state index in [9.17, 15) is 9.59 Å². The fourth-order valence-corrected chi connectivity index (χ4v) is 2.67. The third-order valence-corrected chi connectivity index (χ3v) is 3.89. The normalized spacial score (nSPS) is 17.0. The van der Waals surface area contributed by atoms with E-state index >= 15 is 0 Å². The van der Waals surface area contributed by atoms with Gasteiger partial charge in [-0.2, -0.15) is 0 Å². The van der Waals surface area contributed by atoms with Gasteiger partial charge in [-0.25, -0.2) is 4.79 Å². The van der Waals surface area contributed by atoms with Gasteiger partial charge < -0.3 is 20.5 Å². The van der Waals surface area contributed by atoms with Gasteiger partial charge in [0, 0.05) is 23.9 Å². The summed E-state index contributed by atoms with van der Waals surface area (Å²) in [6.45, 7) is 2.59. The molecule has 1 aromatic heterocycles. The molecule has 7 heteroatoms. The minimum atomic E-state index is -0.516. The quantitative estimate of drug-likeness (QED) is 0.833. The predicted molar refractivity (Wildman–Crippen MR) is 89.7 cm³/mol. The molecule has 1 aliphatic heterocycles. The Balaban J connectivity index is 1.89. The fourth-order valence-electron chi connectivity index (χ4n) is 2.67. The number of pyridine rings is 1. The van der Waals surface area contributed by atoms with Crippen molar-refractivity contribution in [1.82, 2.24) is 4.98 Å². The first-order chi connectivity index (χ1) is 11.6. The van der Waals surface area contributed by atoms with Crippen molar-refractivity contribution < 1.29 is 19.1 Å². The molecule has 0 saturated carbocycles. The molecule has 7 nitrogen and oxygen atoms in total. The maximum absolute atomic E-state index is 12.1. The summed E-state index contributed by atoms with van der Waals surface area (Å²) < 4.78 is 10.3. The van der Waals surface area contributed by atoms with Crippen LogP contribution in [0.15, 0.2) is 24.4 Å². The topological polar surface area (TPSA) is 104 Å². The molecule has 0 spiro atoms. The number of hydrogen-bond acceptors (Lipinski definition) is 6. The number of nitrogens with one attached hydrogen (secondary N) is 1. The molecular formula is C17H19N3O4. The molecule has 1 saturated heterocycles.